The average Bonchev–Trinajstić information content (AvgIpc) is 3.70. The SMILES string of the molecule is CN1CCC(N(Cc2ccccc2C(F)(F)F)C(=O)CNc2cccc3c2CCN(CC2CC2)C3)CC1. The van der Waals surface area contributed by atoms with E-state index in [1.54, 1.807) is 11.0 Å². The highest BCUT2D eigenvalue weighted by atomic mass is 19.4. The van der Waals surface area contributed by atoms with Crippen LogP contribution < -0.4 is 5.32 Å². The number of halogens is 3. The Balaban J connectivity index is 1.30. The molecule has 2 fully saturated rings. The van der Waals surface area contributed by atoms with Crippen LogP contribution in [0.2, 0.25) is 0 Å². The minimum Gasteiger partial charge on any atom is -0.376 e. The predicted octanol–water partition coefficient (Wildman–Crippen LogP) is 5.01. The van der Waals surface area contributed by atoms with E-state index in [1.807, 2.05) is 19.2 Å². The number of alkyl halides is 3. The van der Waals surface area contributed by atoms with E-state index in [0.717, 1.165) is 63.1 Å². The van der Waals surface area contributed by atoms with Gasteiger partial charge in [-0.15, -0.1) is 0 Å². The number of nitrogens with zero attached hydrogens (tertiary/aromatic N) is 3. The molecule has 0 unspecified atom stereocenters. The summed E-state index contributed by atoms with van der Waals surface area (Å²) in [6, 6.07) is 11.7. The summed E-state index contributed by atoms with van der Waals surface area (Å²) >= 11 is 0. The number of amides is 1. The number of benzene rings is 2. The minimum absolute atomic E-state index is 0.0341. The first kappa shape index (κ1) is 26.0. The van der Waals surface area contributed by atoms with E-state index in [2.05, 4.69) is 21.2 Å². The maximum atomic E-state index is 13.7. The third kappa shape index (κ3) is 6.47. The Kier molecular flexibility index (Phi) is 7.77. The molecule has 0 spiro atoms. The zero-order valence-corrected chi connectivity index (χ0v) is 21.6. The van der Waals surface area contributed by atoms with E-state index >= 15 is 0 Å². The molecule has 1 aliphatic carbocycles. The van der Waals surface area contributed by atoms with Gasteiger partial charge in [-0.05, 0) is 87.0 Å². The lowest BCUT2D eigenvalue weighted by Gasteiger charge is -2.38. The molecule has 1 N–H and O–H groups in total. The maximum absolute atomic E-state index is 13.7. The van der Waals surface area contributed by atoms with Crippen LogP contribution in [-0.4, -0.2) is 66.4 Å². The molecule has 200 valence electrons. The molecule has 2 heterocycles. The molecule has 8 heteroatoms. The molecule has 3 aliphatic rings. The Morgan fingerprint density at radius 1 is 1.03 bits per heavy atom. The summed E-state index contributed by atoms with van der Waals surface area (Å²) in [7, 11) is 2.03. The van der Waals surface area contributed by atoms with Gasteiger partial charge in [-0.1, -0.05) is 30.3 Å². The number of fused-ring (bicyclic) bond motifs is 1. The Morgan fingerprint density at radius 2 is 1.78 bits per heavy atom. The third-order valence-corrected chi connectivity index (χ3v) is 8.10. The number of likely N-dealkylation sites (tertiary alicyclic amines) is 1. The minimum atomic E-state index is -4.45. The first-order chi connectivity index (χ1) is 17.8. The standard InChI is InChI=1S/C29H37F3N4O/c1-34-14-11-24(12-15-34)36(20-23-5-2-3-7-26(23)29(30,31)32)28(37)17-33-27-8-4-6-22-19-35(16-13-25(22)27)18-21-9-10-21/h2-8,21,24,33H,9-20H2,1H3. The summed E-state index contributed by atoms with van der Waals surface area (Å²) in [5, 5.41) is 3.36. The molecular weight excluding hydrogens is 477 g/mol. The van der Waals surface area contributed by atoms with E-state index in [1.165, 1.54) is 42.6 Å². The largest absolute Gasteiger partial charge is 0.416 e. The molecular formula is C29H37F3N4O. The maximum Gasteiger partial charge on any atom is 0.416 e. The molecule has 1 saturated carbocycles. The zero-order chi connectivity index (χ0) is 26.0. The summed E-state index contributed by atoms with van der Waals surface area (Å²) in [4.78, 5) is 20.0. The molecule has 2 aromatic carbocycles. The fraction of sp³-hybridized carbons (Fsp3) is 0.552. The van der Waals surface area contributed by atoms with Crippen molar-refractivity contribution < 1.29 is 18.0 Å². The first-order valence-electron chi connectivity index (χ1n) is 13.5. The number of nitrogens with one attached hydrogen (secondary N) is 1. The van der Waals surface area contributed by atoms with Crippen molar-refractivity contribution >= 4 is 11.6 Å². The molecule has 1 saturated heterocycles. The number of piperidine rings is 1. The molecule has 0 atom stereocenters. The molecule has 2 aromatic rings. The zero-order valence-electron chi connectivity index (χ0n) is 21.6. The average molecular weight is 515 g/mol. The van der Waals surface area contributed by atoms with Crippen LogP contribution in [0.3, 0.4) is 0 Å². The van der Waals surface area contributed by atoms with Crippen molar-refractivity contribution in [2.45, 2.75) is 57.4 Å². The lowest BCUT2D eigenvalue weighted by Crippen LogP contribution is -2.48. The smallest absolute Gasteiger partial charge is 0.376 e. The van der Waals surface area contributed by atoms with E-state index in [9.17, 15) is 18.0 Å². The quantitative estimate of drug-likeness (QED) is 0.538. The van der Waals surface area contributed by atoms with Crippen molar-refractivity contribution in [2.24, 2.45) is 5.92 Å². The van der Waals surface area contributed by atoms with Crippen molar-refractivity contribution in [1.29, 1.82) is 0 Å². The fourth-order valence-corrected chi connectivity index (χ4v) is 5.77. The van der Waals surface area contributed by atoms with E-state index in [0.29, 0.717) is 0 Å². The second-order valence-electron chi connectivity index (χ2n) is 10.9. The number of carbonyl (C=O) groups is 1. The summed E-state index contributed by atoms with van der Waals surface area (Å²) in [6.45, 7) is 4.81. The van der Waals surface area contributed by atoms with E-state index in [4.69, 9.17) is 0 Å². The summed E-state index contributed by atoms with van der Waals surface area (Å²) in [6.07, 6.45) is 0.689. The lowest BCUT2D eigenvalue weighted by molar-refractivity contribution is -0.140. The monoisotopic (exact) mass is 514 g/mol. The van der Waals surface area contributed by atoms with Crippen molar-refractivity contribution in [1.82, 2.24) is 14.7 Å². The van der Waals surface area contributed by atoms with Crippen LogP contribution in [0.4, 0.5) is 18.9 Å². The highest BCUT2D eigenvalue weighted by Gasteiger charge is 2.35. The van der Waals surface area contributed by atoms with Gasteiger partial charge in [-0.3, -0.25) is 9.69 Å². The van der Waals surface area contributed by atoms with Crippen LogP contribution in [0.25, 0.3) is 0 Å². The van der Waals surface area contributed by atoms with Gasteiger partial charge < -0.3 is 15.1 Å². The highest BCUT2D eigenvalue weighted by molar-refractivity contribution is 5.81. The second kappa shape index (κ2) is 11.0. The van der Waals surface area contributed by atoms with Crippen molar-refractivity contribution in [3.63, 3.8) is 0 Å². The molecule has 1 amide bonds. The number of anilines is 1. The molecule has 0 bridgehead atoms. The Morgan fingerprint density at radius 3 is 2.51 bits per heavy atom. The molecule has 37 heavy (non-hydrogen) atoms. The van der Waals surface area contributed by atoms with Crippen LogP contribution in [0.1, 0.15) is 47.9 Å². The van der Waals surface area contributed by atoms with Crippen LogP contribution in [0.15, 0.2) is 42.5 Å². The van der Waals surface area contributed by atoms with Gasteiger partial charge in [-0.25, -0.2) is 0 Å². The van der Waals surface area contributed by atoms with E-state index < -0.39 is 11.7 Å². The van der Waals surface area contributed by atoms with Crippen molar-refractivity contribution in [3.05, 3.63) is 64.7 Å². The lowest BCUT2D eigenvalue weighted by atomic mass is 9.97. The van der Waals surface area contributed by atoms with Gasteiger partial charge in [0.25, 0.3) is 0 Å². The fourth-order valence-electron chi connectivity index (χ4n) is 5.77. The van der Waals surface area contributed by atoms with Crippen LogP contribution in [0, 0.1) is 5.92 Å². The van der Waals surface area contributed by atoms with Crippen LogP contribution in [-0.2, 0) is 30.5 Å². The summed E-state index contributed by atoms with van der Waals surface area (Å²) in [5.74, 6) is 0.698. The van der Waals surface area contributed by atoms with Gasteiger partial charge in [0.2, 0.25) is 5.91 Å². The van der Waals surface area contributed by atoms with Gasteiger partial charge in [-0.2, -0.15) is 13.2 Å². The van der Waals surface area contributed by atoms with Gasteiger partial charge in [0, 0.05) is 37.9 Å². The van der Waals surface area contributed by atoms with Crippen molar-refractivity contribution in [2.75, 3.05) is 45.1 Å². The molecule has 5 nitrogen and oxygen atoms in total. The van der Waals surface area contributed by atoms with Crippen molar-refractivity contribution in [3.8, 4) is 0 Å². The molecule has 0 radical (unpaired) electrons. The second-order valence-corrected chi connectivity index (χ2v) is 10.9. The Labute approximate surface area is 217 Å². The Bertz CT molecular complexity index is 1090. The highest BCUT2D eigenvalue weighted by Crippen LogP contribution is 2.34. The normalized spacial score (nSPS) is 19.5. The third-order valence-electron chi connectivity index (χ3n) is 8.10. The van der Waals surface area contributed by atoms with Gasteiger partial charge in [0.15, 0.2) is 0 Å². The number of carbonyl (C=O) groups excluding carboxylic acids is 1. The number of hydrogen-bond acceptors (Lipinski definition) is 4. The number of hydrogen-bond donors (Lipinski definition) is 1. The van der Waals surface area contributed by atoms with Gasteiger partial charge in [0.1, 0.15) is 0 Å². The molecule has 0 aromatic heterocycles. The Hall–Kier alpha value is -2.58. The van der Waals surface area contributed by atoms with Crippen LogP contribution >= 0.6 is 0 Å². The predicted molar refractivity (Wildman–Crippen MR) is 139 cm³/mol. The molecule has 2 aliphatic heterocycles. The number of rotatable bonds is 8. The van der Waals surface area contributed by atoms with Gasteiger partial charge in [0.05, 0.1) is 12.1 Å². The molecule has 5 rings (SSSR count). The van der Waals surface area contributed by atoms with E-state index in [-0.39, 0.29) is 30.6 Å². The summed E-state index contributed by atoms with van der Waals surface area (Å²) in [5.41, 5.74) is 3.01. The topological polar surface area (TPSA) is 38.8 Å². The first-order valence-corrected chi connectivity index (χ1v) is 13.5. The summed E-state index contributed by atoms with van der Waals surface area (Å²) < 4.78 is 41.1. The van der Waals surface area contributed by atoms with Gasteiger partial charge >= 0.3 is 6.18 Å². The van der Waals surface area contributed by atoms with Crippen LogP contribution in [0.5, 0.6) is 0 Å².